The van der Waals surface area contributed by atoms with Crippen LogP contribution in [0, 0.1) is 11.6 Å². The van der Waals surface area contributed by atoms with E-state index in [2.05, 4.69) is 19.9 Å². The van der Waals surface area contributed by atoms with Crippen molar-refractivity contribution in [2.24, 2.45) is 0 Å². The minimum atomic E-state index is -0.464. The summed E-state index contributed by atoms with van der Waals surface area (Å²) in [5.41, 5.74) is 7.39. The Morgan fingerprint density at radius 2 is 0.778 bits per heavy atom. The van der Waals surface area contributed by atoms with E-state index in [9.17, 15) is 0 Å². The maximum Gasteiger partial charge on any atom is 0.164 e. The predicted molar refractivity (Wildman–Crippen MR) is 208 cm³/mol. The van der Waals surface area contributed by atoms with Gasteiger partial charge in [0.15, 0.2) is 17.5 Å². The van der Waals surface area contributed by atoms with E-state index in [1.165, 1.54) is 24.3 Å². The molecule has 0 N–H and O–H groups in total. The average molecular weight is 702 g/mol. The van der Waals surface area contributed by atoms with Gasteiger partial charge in [0.1, 0.15) is 11.6 Å². The van der Waals surface area contributed by atoms with Crippen LogP contribution in [-0.2, 0) is 0 Å². The van der Waals surface area contributed by atoms with E-state index >= 15 is 8.78 Å². The molecule has 9 heteroatoms. The summed E-state index contributed by atoms with van der Waals surface area (Å²) in [5, 5.41) is 3.59. The van der Waals surface area contributed by atoms with Crippen LogP contribution in [0.15, 0.2) is 152 Å². The molecule has 0 unspecified atom stereocenters. The lowest BCUT2D eigenvalue weighted by Crippen LogP contribution is -2.01. The highest BCUT2D eigenvalue weighted by Crippen LogP contribution is 2.36. The molecule has 0 aliphatic rings. The third-order valence-electron chi connectivity index (χ3n) is 9.57. The Kier molecular flexibility index (Phi) is 7.36. The summed E-state index contributed by atoms with van der Waals surface area (Å²) >= 11 is 0. The Labute approximate surface area is 306 Å². The van der Waals surface area contributed by atoms with Gasteiger partial charge in [-0.15, -0.1) is 0 Å². The smallest absolute Gasteiger partial charge is 0.164 e. The van der Waals surface area contributed by atoms with Crippen LogP contribution in [0.2, 0.25) is 0 Å². The summed E-state index contributed by atoms with van der Waals surface area (Å²) < 4.78 is 31.3. The Morgan fingerprint density at radius 1 is 0.333 bits per heavy atom. The maximum absolute atomic E-state index is 15.7. The lowest BCUT2D eigenvalue weighted by Gasteiger charge is -2.13. The summed E-state index contributed by atoms with van der Waals surface area (Å²) in [6.45, 7) is 0. The summed E-state index contributed by atoms with van der Waals surface area (Å²) in [5.74, 6) is -0.0833. The fourth-order valence-electron chi connectivity index (χ4n) is 7.11. The number of fused-ring (bicyclic) bond motifs is 6. The van der Waals surface area contributed by atoms with Gasteiger partial charge in [-0.3, -0.25) is 19.9 Å². The van der Waals surface area contributed by atoms with E-state index in [-0.39, 0.29) is 11.6 Å². The summed E-state index contributed by atoms with van der Waals surface area (Å²) in [4.78, 5) is 32.9. The Hall–Kier alpha value is -7.39. The first kappa shape index (κ1) is 31.4. The highest BCUT2D eigenvalue weighted by Gasteiger charge is 2.18. The van der Waals surface area contributed by atoms with Gasteiger partial charge in [0.2, 0.25) is 0 Å². The molecular formula is C45H25F2N7. The lowest BCUT2D eigenvalue weighted by atomic mass is 9.97. The molecule has 5 heterocycles. The molecule has 0 fully saturated rings. The van der Waals surface area contributed by atoms with Crippen molar-refractivity contribution in [3.63, 3.8) is 0 Å². The average Bonchev–Trinajstić information content (AvgIpc) is 3.22. The van der Waals surface area contributed by atoms with Crippen molar-refractivity contribution in [3.05, 3.63) is 164 Å². The van der Waals surface area contributed by atoms with Crippen LogP contribution in [0.25, 0.3) is 100 Å². The molecule has 0 amide bonds. The third-order valence-corrected chi connectivity index (χ3v) is 9.57. The van der Waals surface area contributed by atoms with Crippen LogP contribution < -0.4 is 0 Å². The van der Waals surface area contributed by atoms with Crippen molar-refractivity contribution in [1.29, 1.82) is 0 Å². The molecule has 5 aromatic carbocycles. The van der Waals surface area contributed by atoms with Crippen LogP contribution >= 0.6 is 0 Å². The molecule has 0 saturated heterocycles. The topological polar surface area (TPSA) is 90.2 Å². The van der Waals surface area contributed by atoms with E-state index < -0.39 is 11.6 Å². The van der Waals surface area contributed by atoms with Crippen molar-refractivity contribution in [3.8, 4) is 56.4 Å². The SMILES string of the molecule is Fc1cc(-c2nc(-c3ccccc3)nc(-c3cc(F)cc(-c4ccnc5c4ccc4cccnc45)c3)n2)cc(-c2ccnc3c2ccc2cccnc23)c1. The van der Waals surface area contributed by atoms with E-state index in [1.54, 1.807) is 24.8 Å². The zero-order valence-electron chi connectivity index (χ0n) is 28.3. The summed E-state index contributed by atoms with van der Waals surface area (Å²) in [7, 11) is 0. The van der Waals surface area contributed by atoms with Gasteiger partial charge in [-0.2, -0.15) is 0 Å². The molecular weight excluding hydrogens is 677 g/mol. The van der Waals surface area contributed by atoms with Crippen molar-refractivity contribution in [2.75, 3.05) is 0 Å². The minimum Gasteiger partial charge on any atom is -0.254 e. The van der Waals surface area contributed by atoms with Crippen LogP contribution in [0.5, 0.6) is 0 Å². The van der Waals surface area contributed by atoms with Gasteiger partial charge >= 0.3 is 0 Å². The fraction of sp³-hybridized carbons (Fsp3) is 0. The van der Waals surface area contributed by atoms with Crippen LogP contribution in [0.1, 0.15) is 0 Å². The first-order valence-corrected chi connectivity index (χ1v) is 17.2. The van der Waals surface area contributed by atoms with Gasteiger partial charge in [-0.1, -0.05) is 66.7 Å². The fourth-order valence-corrected chi connectivity index (χ4v) is 7.11. The number of hydrogen-bond donors (Lipinski definition) is 0. The van der Waals surface area contributed by atoms with Crippen molar-refractivity contribution >= 4 is 43.6 Å². The molecule has 0 spiro atoms. The molecule has 0 bridgehead atoms. The van der Waals surface area contributed by atoms with Crippen molar-refractivity contribution in [1.82, 2.24) is 34.9 Å². The van der Waals surface area contributed by atoms with Gasteiger partial charge in [-0.05, 0) is 82.9 Å². The van der Waals surface area contributed by atoms with E-state index in [4.69, 9.17) is 15.0 Å². The molecule has 0 atom stereocenters. The molecule has 10 rings (SSSR count). The molecule has 5 aromatic heterocycles. The monoisotopic (exact) mass is 701 g/mol. The second-order valence-corrected chi connectivity index (χ2v) is 12.9. The quantitative estimate of drug-likeness (QED) is 0.165. The van der Waals surface area contributed by atoms with E-state index in [0.717, 1.165) is 60.3 Å². The van der Waals surface area contributed by atoms with Gasteiger partial charge in [-0.25, -0.2) is 23.7 Å². The Bertz CT molecular complexity index is 2910. The van der Waals surface area contributed by atoms with Gasteiger partial charge in [0, 0.05) is 63.0 Å². The molecule has 254 valence electrons. The zero-order valence-corrected chi connectivity index (χ0v) is 28.3. The van der Waals surface area contributed by atoms with Gasteiger partial charge < -0.3 is 0 Å². The summed E-state index contributed by atoms with van der Waals surface area (Å²) in [6, 6.07) is 38.3. The third kappa shape index (κ3) is 5.46. The molecule has 0 radical (unpaired) electrons. The molecule has 10 aromatic rings. The highest BCUT2D eigenvalue weighted by atomic mass is 19.1. The second-order valence-electron chi connectivity index (χ2n) is 12.9. The number of pyridine rings is 4. The zero-order chi connectivity index (χ0) is 36.2. The molecule has 0 aliphatic carbocycles. The number of aromatic nitrogens is 7. The Balaban J connectivity index is 1.14. The Morgan fingerprint density at radius 3 is 1.28 bits per heavy atom. The van der Waals surface area contributed by atoms with Crippen LogP contribution in [0.3, 0.4) is 0 Å². The van der Waals surface area contributed by atoms with Crippen molar-refractivity contribution < 1.29 is 8.78 Å². The van der Waals surface area contributed by atoms with Gasteiger partial charge in [0.05, 0.1) is 22.1 Å². The minimum absolute atomic E-state index is 0.239. The normalized spacial score (nSPS) is 11.5. The maximum atomic E-state index is 15.7. The van der Waals surface area contributed by atoms with Crippen LogP contribution in [-0.4, -0.2) is 34.9 Å². The first-order chi connectivity index (χ1) is 26.6. The summed E-state index contributed by atoms with van der Waals surface area (Å²) in [6.07, 6.45) is 6.88. The largest absolute Gasteiger partial charge is 0.254 e. The number of rotatable bonds is 5. The molecule has 0 saturated carbocycles. The van der Waals surface area contributed by atoms with E-state index in [0.29, 0.717) is 28.1 Å². The molecule has 0 aliphatic heterocycles. The van der Waals surface area contributed by atoms with E-state index in [1.807, 2.05) is 103 Å². The molecule has 7 nitrogen and oxygen atoms in total. The highest BCUT2D eigenvalue weighted by molar-refractivity contribution is 6.09. The number of benzene rings is 5. The van der Waals surface area contributed by atoms with Crippen molar-refractivity contribution in [2.45, 2.75) is 0 Å². The second kappa shape index (κ2) is 12.7. The van der Waals surface area contributed by atoms with Crippen LogP contribution in [0.4, 0.5) is 8.78 Å². The molecule has 54 heavy (non-hydrogen) atoms. The standard InChI is InChI=1S/C45H25F2N7/c46-33-22-29(35-14-18-50-41-37(35)12-10-26-8-4-16-48-39(26)41)20-31(24-33)44-52-43(28-6-2-1-3-7-28)53-45(54-44)32-21-30(23-34(47)25-32)36-15-19-51-42-38(36)13-11-27-9-5-17-49-40(27)42/h1-25H. The van der Waals surface area contributed by atoms with Gasteiger partial charge in [0.25, 0.3) is 0 Å². The number of halogens is 2. The number of hydrogen-bond acceptors (Lipinski definition) is 7. The first-order valence-electron chi connectivity index (χ1n) is 17.2. The predicted octanol–water partition coefficient (Wildman–Crippen LogP) is 10.7. The number of nitrogens with zero attached hydrogens (tertiary/aromatic N) is 7. The lowest BCUT2D eigenvalue weighted by molar-refractivity contribution is 0.628.